The standard InChI is InChI=1S/C21H25N3O4/c1-24(17-5-3-2-4-6-17)19-8-7-16(13-22-19)20(25)23-14-18(21(26)27)15-9-11-28-12-10-15/h2-8,13,15,18H,9-12,14H2,1H3,(H,23,25)(H,26,27). The van der Waals surface area contributed by atoms with Gasteiger partial charge < -0.3 is 20.1 Å². The van der Waals surface area contributed by atoms with Gasteiger partial charge in [0.05, 0.1) is 11.5 Å². The van der Waals surface area contributed by atoms with Crippen LogP contribution in [0.5, 0.6) is 0 Å². The summed E-state index contributed by atoms with van der Waals surface area (Å²) in [5.41, 5.74) is 1.40. The van der Waals surface area contributed by atoms with Crippen molar-refractivity contribution in [3.05, 3.63) is 54.2 Å². The number of anilines is 2. The molecule has 1 saturated heterocycles. The van der Waals surface area contributed by atoms with Crippen molar-refractivity contribution in [2.75, 3.05) is 31.7 Å². The molecule has 1 aromatic carbocycles. The number of carboxylic acid groups (broad SMARTS) is 1. The summed E-state index contributed by atoms with van der Waals surface area (Å²) in [4.78, 5) is 30.3. The zero-order valence-electron chi connectivity index (χ0n) is 15.9. The largest absolute Gasteiger partial charge is 0.481 e. The maximum absolute atomic E-state index is 12.4. The summed E-state index contributed by atoms with van der Waals surface area (Å²) in [7, 11) is 1.91. The molecule has 0 bridgehead atoms. The molecule has 7 nitrogen and oxygen atoms in total. The fourth-order valence-corrected chi connectivity index (χ4v) is 3.38. The SMILES string of the molecule is CN(c1ccccc1)c1ccc(C(=O)NCC(C(=O)O)C2CCOCC2)cn1. The summed E-state index contributed by atoms with van der Waals surface area (Å²) in [6.07, 6.45) is 2.91. The Morgan fingerprint density at radius 3 is 2.54 bits per heavy atom. The van der Waals surface area contributed by atoms with Gasteiger partial charge in [-0.15, -0.1) is 0 Å². The smallest absolute Gasteiger partial charge is 0.308 e. The molecule has 148 valence electrons. The Morgan fingerprint density at radius 1 is 1.21 bits per heavy atom. The van der Waals surface area contributed by atoms with Gasteiger partial charge in [0.25, 0.3) is 5.91 Å². The molecule has 0 spiro atoms. The minimum absolute atomic E-state index is 0.0200. The van der Waals surface area contributed by atoms with E-state index in [9.17, 15) is 14.7 Å². The van der Waals surface area contributed by atoms with Crippen molar-refractivity contribution in [2.24, 2.45) is 11.8 Å². The number of hydrogen-bond acceptors (Lipinski definition) is 5. The minimum atomic E-state index is -0.884. The van der Waals surface area contributed by atoms with Crippen molar-refractivity contribution in [1.82, 2.24) is 10.3 Å². The zero-order valence-corrected chi connectivity index (χ0v) is 15.9. The predicted octanol–water partition coefficient (Wildman–Crippen LogP) is 2.71. The number of carbonyl (C=O) groups excluding carboxylic acids is 1. The number of carboxylic acids is 1. The number of aliphatic carboxylic acids is 1. The summed E-state index contributed by atoms with van der Waals surface area (Å²) in [6.45, 7) is 1.25. The van der Waals surface area contributed by atoms with Crippen LogP contribution in [0.4, 0.5) is 11.5 Å². The number of para-hydroxylation sites is 1. The summed E-state index contributed by atoms with van der Waals surface area (Å²) in [6, 6.07) is 13.3. The number of carbonyl (C=O) groups is 2. The van der Waals surface area contributed by atoms with Crippen LogP contribution in [0.3, 0.4) is 0 Å². The lowest BCUT2D eigenvalue weighted by Crippen LogP contribution is -2.39. The molecule has 1 unspecified atom stereocenters. The monoisotopic (exact) mass is 383 g/mol. The molecule has 2 N–H and O–H groups in total. The van der Waals surface area contributed by atoms with Crippen molar-refractivity contribution in [2.45, 2.75) is 12.8 Å². The Hall–Kier alpha value is -2.93. The normalized spacial score (nSPS) is 15.6. The Labute approximate surface area is 164 Å². The first-order chi connectivity index (χ1) is 13.6. The third kappa shape index (κ3) is 4.86. The van der Waals surface area contributed by atoms with E-state index in [0.29, 0.717) is 37.4 Å². The summed E-state index contributed by atoms with van der Waals surface area (Å²) in [5, 5.41) is 12.2. The van der Waals surface area contributed by atoms with Crippen molar-refractivity contribution >= 4 is 23.4 Å². The molecule has 2 aromatic rings. The number of amides is 1. The van der Waals surface area contributed by atoms with E-state index < -0.39 is 11.9 Å². The second-order valence-corrected chi connectivity index (χ2v) is 6.90. The second-order valence-electron chi connectivity index (χ2n) is 6.90. The number of rotatable bonds is 7. The molecule has 1 aromatic heterocycles. The van der Waals surface area contributed by atoms with E-state index in [1.54, 1.807) is 12.1 Å². The zero-order chi connectivity index (χ0) is 19.9. The lowest BCUT2D eigenvalue weighted by Gasteiger charge is -2.27. The average molecular weight is 383 g/mol. The molecule has 1 aliphatic rings. The third-order valence-corrected chi connectivity index (χ3v) is 5.13. The van der Waals surface area contributed by atoms with E-state index in [4.69, 9.17) is 4.74 Å². The van der Waals surface area contributed by atoms with Crippen molar-refractivity contribution < 1.29 is 19.4 Å². The molecular weight excluding hydrogens is 358 g/mol. The fraction of sp³-hybridized carbons (Fsp3) is 0.381. The first-order valence-electron chi connectivity index (χ1n) is 9.40. The van der Waals surface area contributed by atoms with E-state index in [1.807, 2.05) is 42.3 Å². The molecule has 0 saturated carbocycles. The Balaban J connectivity index is 1.60. The molecule has 1 atom stereocenters. The van der Waals surface area contributed by atoms with E-state index in [0.717, 1.165) is 5.69 Å². The third-order valence-electron chi connectivity index (χ3n) is 5.13. The summed E-state index contributed by atoms with van der Waals surface area (Å²) >= 11 is 0. The van der Waals surface area contributed by atoms with Crippen LogP contribution >= 0.6 is 0 Å². The number of nitrogens with one attached hydrogen (secondary N) is 1. The molecule has 28 heavy (non-hydrogen) atoms. The number of nitrogens with zero attached hydrogens (tertiary/aromatic N) is 2. The van der Waals surface area contributed by atoms with Gasteiger partial charge in [0.1, 0.15) is 5.82 Å². The van der Waals surface area contributed by atoms with Crippen LogP contribution in [0.15, 0.2) is 48.7 Å². The van der Waals surface area contributed by atoms with Gasteiger partial charge in [-0.2, -0.15) is 0 Å². The van der Waals surface area contributed by atoms with Crippen LogP contribution < -0.4 is 10.2 Å². The fourth-order valence-electron chi connectivity index (χ4n) is 3.38. The first kappa shape index (κ1) is 19.8. The van der Waals surface area contributed by atoms with E-state index in [2.05, 4.69) is 10.3 Å². The van der Waals surface area contributed by atoms with Gasteiger partial charge in [-0.25, -0.2) is 4.98 Å². The maximum atomic E-state index is 12.4. The van der Waals surface area contributed by atoms with Crippen molar-refractivity contribution in [3.63, 3.8) is 0 Å². The van der Waals surface area contributed by atoms with Gasteiger partial charge in [-0.1, -0.05) is 18.2 Å². The number of aromatic nitrogens is 1. The van der Waals surface area contributed by atoms with Crippen LogP contribution in [0.1, 0.15) is 23.2 Å². The molecule has 7 heteroatoms. The highest BCUT2D eigenvalue weighted by Gasteiger charge is 2.30. The van der Waals surface area contributed by atoms with E-state index >= 15 is 0 Å². The lowest BCUT2D eigenvalue weighted by molar-refractivity contribution is -0.144. The van der Waals surface area contributed by atoms with Gasteiger partial charge in [0, 0.05) is 38.7 Å². The van der Waals surface area contributed by atoms with Crippen LogP contribution in [0.25, 0.3) is 0 Å². The Bertz CT molecular complexity index is 789. The minimum Gasteiger partial charge on any atom is -0.481 e. The molecule has 0 radical (unpaired) electrons. The predicted molar refractivity (Wildman–Crippen MR) is 106 cm³/mol. The molecule has 0 aliphatic carbocycles. The molecule has 2 heterocycles. The summed E-state index contributed by atoms with van der Waals surface area (Å²) < 4.78 is 5.29. The number of benzene rings is 1. The first-order valence-corrected chi connectivity index (χ1v) is 9.40. The van der Waals surface area contributed by atoms with Gasteiger partial charge in [-0.05, 0) is 43.0 Å². The van der Waals surface area contributed by atoms with E-state index in [-0.39, 0.29) is 18.4 Å². The highest BCUT2D eigenvalue weighted by atomic mass is 16.5. The Kier molecular flexibility index (Phi) is 6.60. The molecule has 1 aliphatic heterocycles. The number of ether oxygens (including phenoxy) is 1. The lowest BCUT2D eigenvalue weighted by atomic mass is 9.86. The number of hydrogen-bond donors (Lipinski definition) is 2. The van der Waals surface area contributed by atoms with Gasteiger partial charge in [-0.3, -0.25) is 9.59 Å². The quantitative estimate of drug-likeness (QED) is 0.764. The second kappa shape index (κ2) is 9.32. The molecule has 3 rings (SSSR count). The topological polar surface area (TPSA) is 91.8 Å². The highest BCUT2D eigenvalue weighted by Crippen LogP contribution is 2.24. The van der Waals surface area contributed by atoms with Gasteiger partial charge in [0.15, 0.2) is 0 Å². The van der Waals surface area contributed by atoms with Crippen LogP contribution in [0, 0.1) is 11.8 Å². The number of pyridine rings is 1. The van der Waals surface area contributed by atoms with Gasteiger partial charge in [0.2, 0.25) is 0 Å². The van der Waals surface area contributed by atoms with E-state index in [1.165, 1.54) is 6.20 Å². The van der Waals surface area contributed by atoms with Crippen molar-refractivity contribution in [1.29, 1.82) is 0 Å². The molecular formula is C21H25N3O4. The van der Waals surface area contributed by atoms with Crippen LogP contribution in [-0.4, -0.2) is 48.8 Å². The summed E-state index contributed by atoms with van der Waals surface area (Å²) in [5.74, 6) is -1.07. The van der Waals surface area contributed by atoms with Crippen molar-refractivity contribution in [3.8, 4) is 0 Å². The highest BCUT2D eigenvalue weighted by molar-refractivity contribution is 5.94. The van der Waals surface area contributed by atoms with Crippen LogP contribution in [0.2, 0.25) is 0 Å². The van der Waals surface area contributed by atoms with Gasteiger partial charge >= 0.3 is 5.97 Å². The average Bonchev–Trinajstić information content (AvgIpc) is 2.74. The molecule has 1 fully saturated rings. The Morgan fingerprint density at radius 2 is 1.93 bits per heavy atom. The van der Waals surface area contributed by atoms with Crippen LogP contribution in [-0.2, 0) is 9.53 Å². The maximum Gasteiger partial charge on any atom is 0.308 e. The molecule has 1 amide bonds.